The van der Waals surface area contributed by atoms with Crippen molar-refractivity contribution in [2.24, 2.45) is 5.92 Å². The van der Waals surface area contributed by atoms with Gasteiger partial charge in [0.15, 0.2) is 5.58 Å². The van der Waals surface area contributed by atoms with Gasteiger partial charge in [0.2, 0.25) is 5.76 Å². The number of nitrogens with one attached hydrogen (secondary N) is 1. The highest BCUT2D eigenvalue weighted by Gasteiger charge is 2.36. The van der Waals surface area contributed by atoms with Crippen LogP contribution >= 0.6 is 0 Å². The molecule has 4 heterocycles. The van der Waals surface area contributed by atoms with E-state index in [0.717, 1.165) is 44.7 Å². The van der Waals surface area contributed by atoms with Crippen LogP contribution in [0.4, 0.5) is 13.2 Å². The van der Waals surface area contributed by atoms with Crippen LogP contribution in [0.3, 0.4) is 0 Å². The predicted octanol–water partition coefficient (Wildman–Crippen LogP) is 2.67. The van der Waals surface area contributed by atoms with Crippen molar-refractivity contribution in [1.82, 2.24) is 15.2 Å². The summed E-state index contributed by atoms with van der Waals surface area (Å²) < 4.78 is 42.8. The Morgan fingerprint density at radius 1 is 1.33 bits per heavy atom. The maximum absolute atomic E-state index is 12.7. The minimum absolute atomic E-state index is 0.0145. The molecule has 2 aliphatic heterocycles. The molecule has 128 valence electrons. The van der Waals surface area contributed by atoms with Gasteiger partial charge in [0, 0.05) is 24.5 Å². The molecule has 1 unspecified atom stereocenters. The van der Waals surface area contributed by atoms with Crippen LogP contribution in [-0.2, 0) is 6.18 Å². The monoisotopic (exact) mass is 339 g/mol. The highest BCUT2D eigenvalue weighted by atomic mass is 19.4. The molecule has 2 aromatic heterocycles. The molecule has 0 aliphatic carbocycles. The number of halogens is 3. The summed E-state index contributed by atoms with van der Waals surface area (Å²) in [5.74, 6) is -0.838. The van der Waals surface area contributed by atoms with Crippen LogP contribution < -0.4 is 5.32 Å². The second-order valence-electron chi connectivity index (χ2n) is 6.54. The summed E-state index contributed by atoms with van der Waals surface area (Å²) in [5.41, 5.74) is 0.116. The third kappa shape index (κ3) is 2.86. The number of aromatic nitrogens is 1. The van der Waals surface area contributed by atoms with E-state index in [1.54, 1.807) is 0 Å². The zero-order chi connectivity index (χ0) is 16.9. The maximum atomic E-state index is 12.7. The molecule has 8 heteroatoms. The molecule has 0 saturated carbocycles. The van der Waals surface area contributed by atoms with E-state index < -0.39 is 11.9 Å². The van der Waals surface area contributed by atoms with E-state index in [1.165, 1.54) is 6.07 Å². The molecular formula is C16H16F3N3O2. The summed E-state index contributed by atoms with van der Waals surface area (Å²) in [5, 5.41) is 3.16. The Balaban J connectivity index is 1.52. The van der Waals surface area contributed by atoms with Crippen LogP contribution in [0.15, 0.2) is 22.7 Å². The minimum Gasteiger partial charge on any atom is -0.450 e. The molecule has 3 atom stereocenters. The molecule has 2 fully saturated rings. The maximum Gasteiger partial charge on any atom is 0.449 e. The number of amides is 1. The van der Waals surface area contributed by atoms with E-state index in [9.17, 15) is 18.0 Å². The first-order valence-electron chi connectivity index (χ1n) is 7.88. The van der Waals surface area contributed by atoms with Crippen molar-refractivity contribution in [3.8, 4) is 0 Å². The Morgan fingerprint density at radius 3 is 2.92 bits per heavy atom. The predicted molar refractivity (Wildman–Crippen MR) is 79.4 cm³/mol. The Bertz CT molecular complexity index is 774. The van der Waals surface area contributed by atoms with Gasteiger partial charge in [0.05, 0.1) is 6.20 Å². The van der Waals surface area contributed by atoms with Crippen LogP contribution in [0.25, 0.3) is 11.0 Å². The third-order valence-corrected chi connectivity index (χ3v) is 4.72. The molecule has 0 radical (unpaired) electrons. The zero-order valence-corrected chi connectivity index (χ0v) is 12.8. The molecule has 2 aliphatic rings. The van der Waals surface area contributed by atoms with Gasteiger partial charge in [-0.1, -0.05) is 0 Å². The molecule has 0 spiro atoms. The van der Waals surface area contributed by atoms with Crippen molar-refractivity contribution >= 4 is 16.9 Å². The fraction of sp³-hybridized carbons (Fsp3) is 0.500. The fourth-order valence-corrected chi connectivity index (χ4v) is 3.63. The average Bonchev–Trinajstić information content (AvgIpc) is 3.09. The van der Waals surface area contributed by atoms with Crippen molar-refractivity contribution in [2.45, 2.75) is 25.1 Å². The molecule has 24 heavy (non-hydrogen) atoms. The third-order valence-electron chi connectivity index (χ3n) is 4.72. The molecule has 4 rings (SSSR count). The van der Waals surface area contributed by atoms with E-state index >= 15 is 0 Å². The highest BCUT2D eigenvalue weighted by Crippen LogP contribution is 2.33. The van der Waals surface area contributed by atoms with Crippen molar-refractivity contribution in [1.29, 1.82) is 0 Å². The van der Waals surface area contributed by atoms with Crippen molar-refractivity contribution in [2.75, 3.05) is 19.6 Å². The first-order chi connectivity index (χ1) is 11.4. The van der Waals surface area contributed by atoms with Crippen LogP contribution in [0.1, 0.15) is 29.1 Å². The molecular weight excluding hydrogens is 323 g/mol. The van der Waals surface area contributed by atoms with Gasteiger partial charge in [-0.2, -0.15) is 13.2 Å². The van der Waals surface area contributed by atoms with E-state index in [-0.39, 0.29) is 28.6 Å². The van der Waals surface area contributed by atoms with E-state index in [0.29, 0.717) is 5.92 Å². The normalized spacial score (nSPS) is 26.7. The average molecular weight is 339 g/mol. The number of alkyl halides is 3. The number of fused-ring (bicyclic) bond motifs is 3. The van der Waals surface area contributed by atoms with Crippen molar-refractivity contribution in [3.63, 3.8) is 0 Å². The summed E-state index contributed by atoms with van der Waals surface area (Å²) >= 11 is 0. The standard InChI is InChI=1S/C16H16F3N3O2/c17-16(18,19)14-5-10-4-12(20-6-13(10)24-14)15(23)21-11-3-9-1-2-22(7-9)8-11/h4-6,9,11H,1-3,7-8H2,(H,21,23)/t9-,11-/m1/s1. The second-order valence-corrected chi connectivity index (χ2v) is 6.54. The zero-order valence-electron chi connectivity index (χ0n) is 12.8. The van der Waals surface area contributed by atoms with Gasteiger partial charge in [0.25, 0.3) is 5.91 Å². The summed E-state index contributed by atoms with van der Waals surface area (Å²) in [7, 11) is 0. The number of hydrogen-bond donors (Lipinski definition) is 1. The first-order valence-corrected chi connectivity index (χ1v) is 7.88. The first kappa shape index (κ1) is 15.4. The summed E-state index contributed by atoms with van der Waals surface area (Å²) in [6, 6.07) is 2.29. The van der Waals surface area contributed by atoms with E-state index in [4.69, 9.17) is 4.42 Å². The van der Waals surface area contributed by atoms with Gasteiger partial charge in [0.1, 0.15) is 5.69 Å². The summed E-state index contributed by atoms with van der Waals surface area (Å²) in [6.45, 7) is 2.97. The van der Waals surface area contributed by atoms with Crippen LogP contribution in [-0.4, -0.2) is 41.5 Å². The summed E-state index contributed by atoms with van der Waals surface area (Å²) in [4.78, 5) is 18.6. The second kappa shape index (κ2) is 5.47. The van der Waals surface area contributed by atoms with E-state index in [1.807, 2.05) is 0 Å². The van der Waals surface area contributed by atoms with Crippen LogP contribution in [0, 0.1) is 5.92 Å². The fourth-order valence-electron chi connectivity index (χ4n) is 3.63. The number of carbonyl (C=O) groups is 1. The van der Waals surface area contributed by atoms with Crippen molar-refractivity contribution in [3.05, 3.63) is 29.8 Å². The largest absolute Gasteiger partial charge is 0.450 e. The number of pyridine rings is 1. The lowest BCUT2D eigenvalue weighted by Crippen LogP contribution is -2.47. The Hall–Kier alpha value is -2.09. The molecule has 1 amide bonds. The molecule has 2 aromatic rings. The van der Waals surface area contributed by atoms with Gasteiger partial charge in [-0.25, -0.2) is 4.98 Å². The van der Waals surface area contributed by atoms with Gasteiger partial charge in [-0.05, 0) is 37.4 Å². The lowest BCUT2D eigenvalue weighted by Gasteiger charge is -2.30. The Morgan fingerprint density at radius 2 is 2.17 bits per heavy atom. The highest BCUT2D eigenvalue weighted by molar-refractivity contribution is 5.95. The summed E-state index contributed by atoms with van der Waals surface area (Å²) in [6.07, 6.45) is -1.30. The number of furan rings is 1. The number of rotatable bonds is 2. The number of nitrogens with zero attached hydrogens (tertiary/aromatic N) is 2. The molecule has 0 aromatic carbocycles. The SMILES string of the molecule is O=C(N[C@@H]1C[C@H]2CCN(C2)C1)c1cc2cc(C(F)(F)F)oc2cn1. The van der Waals surface area contributed by atoms with Gasteiger partial charge >= 0.3 is 6.18 Å². The molecule has 2 saturated heterocycles. The Labute approximate surface area is 135 Å². The molecule has 5 nitrogen and oxygen atoms in total. The van der Waals surface area contributed by atoms with Crippen molar-refractivity contribution < 1.29 is 22.4 Å². The smallest absolute Gasteiger partial charge is 0.449 e. The van der Waals surface area contributed by atoms with Gasteiger partial charge in [-0.15, -0.1) is 0 Å². The lowest BCUT2D eigenvalue weighted by atomic mass is 9.97. The van der Waals surface area contributed by atoms with Gasteiger partial charge in [-0.3, -0.25) is 4.79 Å². The van der Waals surface area contributed by atoms with E-state index in [2.05, 4.69) is 15.2 Å². The number of carbonyl (C=O) groups excluding carboxylic acids is 1. The van der Waals surface area contributed by atoms with Gasteiger partial charge < -0.3 is 14.6 Å². The van der Waals surface area contributed by atoms with Crippen LogP contribution in [0.5, 0.6) is 0 Å². The topological polar surface area (TPSA) is 58.4 Å². The minimum atomic E-state index is -4.56. The Kier molecular flexibility index (Phi) is 3.52. The molecule has 1 N–H and O–H groups in total. The number of hydrogen-bond acceptors (Lipinski definition) is 4. The van der Waals surface area contributed by atoms with Crippen LogP contribution in [0.2, 0.25) is 0 Å². The molecule has 2 bridgehead atoms. The quantitative estimate of drug-likeness (QED) is 0.914. The number of piperidine rings is 1. The lowest BCUT2D eigenvalue weighted by molar-refractivity contribution is -0.152.